The quantitative estimate of drug-likeness (QED) is 0.462. The number of thioether (sulfide) groups is 1. The molecule has 0 saturated heterocycles. The Kier molecular flexibility index (Phi) is 5.76. The number of rotatable bonds is 6. The van der Waals surface area contributed by atoms with Gasteiger partial charge in [0.1, 0.15) is 5.75 Å². The fourth-order valence-electron chi connectivity index (χ4n) is 2.72. The summed E-state index contributed by atoms with van der Waals surface area (Å²) in [6, 6.07) is 5.54. The smallest absolute Gasteiger partial charge is 0.278 e. The zero-order valence-corrected chi connectivity index (χ0v) is 18.3. The molecule has 0 saturated carbocycles. The van der Waals surface area contributed by atoms with Crippen LogP contribution in [-0.4, -0.2) is 32.5 Å². The molecule has 0 aliphatic carbocycles. The fraction of sp³-hybridized carbons (Fsp3) is 0.429. The minimum Gasteiger partial charge on any atom is -0.486 e. The average molecular weight is 421 g/mol. The van der Waals surface area contributed by atoms with Crippen LogP contribution in [0.3, 0.4) is 0 Å². The summed E-state index contributed by atoms with van der Waals surface area (Å²) in [4.78, 5) is 5.20. The van der Waals surface area contributed by atoms with Crippen molar-refractivity contribution in [1.29, 1.82) is 0 Å². The number of pyridine rings is 1. The molecule has 8 heteroatoms. The van der Waals surface area contributed by atoms with Gasteiger partial charge >= 0.3 is 0 Å². The first-order chi connectivity index (χ1) is 13.4. The zero-order chi connectivity index (χ0) is 21.4. The Morgan fingerprint density at radius 2 is 1.90 bits per heavy atom. The van der Waals surface area contributed by atoms with Crippen molar-refractivity contribution in [1.82, 2.24) is 15.2 Å². The molecule has 5 nitrogen and oxygen atoms in total. The highest BCUT2D eigenvalue weighted by Crippen LogP contribution is 2.42. The van der Waals surface area contributed by atoms with Crippen molar-refractivity contribution in [3.63, 3.8) is 0 Å². The number of hydrogen-bond acceptors (Lipinski definition) is 5. The van der Waals surface area contributed by atoms with Crippen molar-refractivity contribution in [3.8, 4) is 5.75 Å². The molecular formula is C21H26F2N4OS. The van der Waals surface area contributed by atoms with Gasteiger partial charge < -0.3 is 10.1 Å². The number of aryl methyl sites for hydroxylation is 1. The van der Waals surface area contributed by atoms with Crippen LogP contribution in [0.15, 0.2) is 29.3 Å². The fourth-order valence-corrected chi connectivity index (χ4v) is 3.78. The van der Waals surface area contributed by atoms with Crippen LogP contribution >= 0.6 is 11.8 Å². The molecule has 0 radical (unpaired) electrons. The Labute approximate surface area is 173 Å². The SMILES string of the molecule is Cc1[nH]nc(Nc2ccnc3cc(OCC(C)(F)F)c(SC(C)(C)C)cc23)c1C. The summed E-state index contributed by atoms with van der Waals surface area (Å²) in [5, 5.41) is 11.5. The van der Waals surface area contributed by atoms with E-state index in [4.69, 9.17) is 4.74 Å². The van der Waals surface area contributed by atoms with Gasteiger partial charge in [-0.1, -0.05) is 20.8 Å². The lowest BCUT2D eigenvalue weighted by Gasteiger charge is -2.22. The van der Waals surface area contributed by atoms with Crippen molar-refractivity contribution >= 4 is 34.2 Å². The molecule has 0 atom stereocenters. The summed E-state index contributed by atoms with van der Waals surface area (Å²) in [6.45, 7) is 10.3. The summed E-state index contributed by atoms with van der Waals surface area (Å²) < 4.78 is 32.1. The van der Waals surface area contributed by atoms with E-state index in [0.717, 1.165) is 40.0 Å². The highest BCUT2D eigenvalue weighted by molar-refractivity contribution is 8.00. The van der Waals surface area contributed by atoms with Gasteiger partial charge in [-0.2, -0.15) is 5.10 Å². The number of alkyl halides is 2. The van der Waals surface area contributed by atoms with E-state index in [1.165, 1.54) is 0 Å². The third kappa shape index (κ3) is 5.38. The number of fused-ring (bicyclic) bond motifs is 1. The van der Waals surface area contributed by atoms with Gasteiger partial charge in [0, 0.05) is 40.6 Å². The van der Waals surface area contributed by atoms with E-state index in [9.17, 15) is 8.78 Å². The number of benzene rings is 1. The second kappa shape index (κ2) is 7.82. The molecule has 0 spiro atoms. The Morgan fingerprint density at radius 3 is 2.48 bits per heavy atom. The number of nitrogens with one attached hydrogen (secondary N) is 2. The molecule has 0 aliphatic heterocycles. The Balaban J connectivity index is 2.06. The zero-order valence-electron chi connectivity index (χ0n) is 17.5. The van der Waals surface area contributed by atoms with Crippen molar-refractivity contribution in [3.05, 3.63) is 35.7 Å². The van der Waals surface area contributed by atoms with Gasteiger partial charge in [0.2, 0.25) is 0 Å². The van der Waals surface area contributed by atoms with Crippen LogP contribution in [0.5, 0.6) is 5.75 Å². The number of hydrogen-bond donors (Lipinski definition) is 2. The second-order valence-corrected chi connectivity index (χ2v) is 10.1. The van der Waals surface area contributed by atoms with Gasteiger partial charge in [0.25, 0.3) is 5.92 Å². The molecule has 3 aromatic rings. The van der Waals surface area contributed by atoms with Gasteiger partial charge in [0.05, 0.1) is 16.1 Å². The van der Waals surface area contributed by atoms with Crippen LogP contribution in [0, 0.1) is 13.8 Å². The topological polar surface area (TPSA) is 62.8 Å². The molecule has 29 heavy (non-hydrogen) atoms. The van der Waals surface area contributed by atoms with Gasteiger partial charge in [0.15, 0.2) is 12.4 Å². The molecule has 156 valence electrons. The van der Waals surface area contributed by atoms with E-state index in [2.05, 4.69) is 41.3 Å². The molecule has 2 heterocycles. The Hall–Kier alpha value is -2.35. The molecule has 0 unspecified atom stereocenters. The first kappa shape index (κ1) is 21.4. The molecule has 0 aliphatic rings. The average Bonchev–Trinajstić information content (AvgIpc) is 2.90. The minimum atomic E-state index is -2.91. The van der Waals surface area contributed by atoms with Crippen molar-refractivity contribution in [2.45, 2.75) is 57.1 Å². The van der Waals surface area contributed by atoms with Gasteiger partial charge in [-0.05, 0) is 26.0 Å². The van der Waals surface area contributed by atoms with E-state index in [1.807, 2.05) is 26.0 Å². The normalized spacial score (nSPS) is 12.4. The van der Waals surface area contributed by atoms with Crippen LogP contribution in [0.4, 0.5) is 20.3 Å². The first-order valence-corrected chi connectivity index (χ1v) is 10.2. The van der Waals surface area contributed by atoms with Crippen LogP contribution in [-0.2, 0) is 0 Å². The van der Waals surface area contributed by atoms with Crippen molar-refractivity contribution in [2.75, 3.05) is 11.9 Å². The summed E-state index contributed by atoms with van der Waals surface area (Å²) in [7, 11) is 0. The number of aromatic nitrogens is 3. The summed E-state index contributed by atoms with van der Waals surface area (Å²) in [5.41, 5.74) is 3.52. The number of nitrogens with zero attached hydrogens (tertiary/aromatic N) is 2. The molecule has 3 rings (SSSR count). The highest BCUT2D eigenvalue weighted by atomic mass is 32.2. The monoisotopic (exact) mass is 420 g/mol. The van der Waals surface area contributed by atoms with E-state index in [-0.39, 0.29) is 4.75 Å². The van der Waals surface area contributed by atoms with E-state index in [1.54, 1.807) is 24.0 Å². The lowest BCUT2D eigenvalue weighted by Crippen LogP contribution is -2.21. The maximum absolute atomic E-state index is 13.4. The van der Waals surface area contributed by atoms with Crippen molar-refractivity contribution in [2.24, 2.45) is 0 Å². The molecule has 2 aromatic heterocycles. The second-order valence-electron chi connectivity index (χ2n) is 8.20. The van der Waals surface area contributed by atoms with Crippen LogP contribution in [0.1, 0.15) is 39.0 Å². The van der Waals surface area contributed by atoms with E-state index in [0.29, 0.717) is 11.3 Å². The standard InChI is InChI=1S/C21H26F2N4OS/c1-12-13(2)26-27-19(12)25-15-7-8-24-16-10-17(28-11-21(6,22)23)18(9-14(15)16)29-20(3,4)5/h7-10H,11H2,1-6H3,(H2,24,25,26,27). The lowest BCUT2D eigenvalue weighted by molar-refractivity contribution is -0.0236. The molecule has 0 fully saturated rings. The first-order valence-electron chi connectivity index (χ1n) is 9.34. The number of aromatic amines is 1. The third-order valence-electron chi connectivity index (χ3n) is 4.21. The Bertz CT molecular complexity index is 1020. The minimum absolute atomic E-state index is 0.119. The molecule has 0 amide bonds. The van der Waals surface area contributed by atoms with Crippen LogP contribution in [0.25, 0.3) is 10.9 Å². The summed E-state index contributed by atoms with van der Waals surface area (Å²) >= 11 is 1.57. The van der Waals surface area contributed by atoms with Crippen molar-refractivity contribution < 1.29 is 13.5 Å². The highest BCUT2D eigenvalue weighted by Gasteiger charge is 2.24. The molecule has 1 aromatic carbocycles. The Morgan fingerprint density at radius 1 is 1.17 bits per heavy atom. The maximum atomic E-state index is 13.4. The number of anilines is 2. The summed E-state index contributed by atoms with van der Waals surface area (Å²) in [5.74, 6) is -1.76. The van der Waals surface area contributed by atoms with Crippen LogP contribution in [0.2, 0.25) is 0 Å². The summed E-state index contributed by atoms with van der Waals surface area (Å²) in [6.07, 6.45) is 1.67. The maximum Gasteiger partial charge on any atom is 0.278 e. The number of H-pyrrole nitrogens is 1. The lowest BCUT2D eigenvalue weighted by atomic mass is 10.1. The molecular weight excluding hydrogens is 394 g/mol. The largest absolute Gasteiger partial charge is 0.486 e. The van der Waals surface area contributed by atoms with Gasteiger partial charge in [-0.15, -0.1) is 11.8 Å². The molecule has 0 bridgehead atoms. The molecule has 2 N–H and O–H groups in total. The number of ether oxygens (including phenoxy) is 1. The van der Waals surface area contributed by atoms with Gasteiger partial charge in [-0.3, -0.25) is 10.1 Å². The van der Waals surface area contributed by atoms with Gasteiger partial charge in [-0.25, -0.2) is 8.78 Å². The van der Waals surface area contributed by atoms with E-state index < -0.39 is 12.5 Å². The van der Waals surface area contributed by atoms with Crippen LogP contribution < -0.4 is 10.1 Å². The predicted octanol–water partition coefficient (Wildman–Crippen LogP) is 6.24. The van der Waals surface area contributed by atoms with E-state index >= 15 is 0 Å². The third-order valence-corrected chi connectivity index (χ3v) is 5.36. The predicted molar refractivity (Wildman–Crippen MR) is 115 cm³/mol. The number of halogens is 2.